The zero-order valence-corrected chi connectivity index (χ0v) is 10.9. The van der Waals surface area contributed by atoms with Gasteiger partial charge in [-0.2, -0.15) is 0 Å². The normalized spacial score (nSPS) is 13.5. The number of benzene rings is 1. The van der Waals surface area contributed by atoms with Crippen molar-refractivity contribution in [2.24, 2.45) is 5.92 Å². The van der Waals surface area contributed by atoms with Gasteiger partial charge in [-0.25, -0.2) is 0 Å². The Bertz CT molecular complexity index is 502. The van der Waals surface area contributed by atoms with Crippen LogP contribution in [-0.2, 0) is 0 Å². The van der Waals surface area contributed by atoms with Crippen LogP contribution in [0.3, 0.4) is 0 Å². The minimum atomic E-state index is -0.524. The molecule has 92 valence electrons. The van der Waals surface area contributed by atoms with Crippen molar-refractivity contribution in [1.29, 1.82) is 0 Å². The minimum absolute atomic E-state index is 0.524. The summed E-state index contributed by atoms with van der Waals surface area (Å²) in [7, 11) is 0. The van der Waals surface area contributed by atoms with Gasteiger partial charge >= 0.3 is 0 Å². The summed E-state index contributed by atoms with van der Waals surface area (Å²) < 4.78 is 5.61. The predicted molar refractivity (Wildman–Crippen MR) is 70.3 cm³/mol. The molecule has 0 aliphatic rings. The van der Waals surface area contributed by atoms with Gasteiger partial charge in [0.25, 0.3) is 0 Å². The Morgan fingerprint density at radius 2 is 2.00 bits per heavy atom. The topological polar surface area (TPSA) is 33.4 Å². The molecule has 0 fully saturated rings. The Morgan fingerprint density at radius 3 is 2.71 bits per heavy atom. The Balaban J connectivity index is 2.18. The van der Waals surface area contributed by atoms with Gasteiger partial charge in [0.1, 0.15) is 17.4 Å². The van der Waals surface area contributed by atoms with E-state index in [4.69, 9.17) is 16.0 Å². The van der Waals surface area contributed by atoms with Gasteiger partial charge in [-0.15, -0.1) is 0 Å². The van der Waals surface area contributed by atoms with Gasteiger partial charge < -0.3 is 9.52 Å². The van der Waals surface area contributed by atoms with E-state index in [1.807, 2.05) is 18.2 Å². The highest BCUT2D eigenvalue weighted by atomic mass is 35.5. The molecule has 0 radical (unpaired) electrons. The maximum atomic E-state index is 10.0. The number of aliphatic hydroxyl groups is 1. The van der Waals surface area contributed by atoms with Crippen molar-refractivity contribution < 1.29 is 9.52 Å². The Labute approximate surface area is 106 Å². The zero-order valence-electron chi connectivity index (χ0n) is 10.1. The summed E-state index contributed by atoms with van der Waals surface area (Å²) in [6.45, 7) is 4.29. The number of rotatable bonds is 4. The van der Waals surface area contributed by atoms with Crippen molar-refractivity contribution in [3.05, 3.63) is 35.0 Å². The molecule has 2 nitrogen and oxygen atoms in total. The predicted octanol–water partition coefficient (Wildman–Crippen LogP) is 4.56. The van der Waals surface area contributed by atoms with E-state index in [2.05, 4.69) is 13.8 Å². The van der Waals surface area contributed by atoms with E-state index >= 15 is 0 Å². The van der Waals surface area contributed by atoms with Crippen LogP contribution in [0, 0.1) is 5.92 Å². The minimum Gasteiger partial charge on any atom is -0.458 e. The molecule has 1 unspecified atom stereocenters. The SMILES string of the molecule is CC(C)CCC(O)c1cc2cc(Cl)ccc2o1. The summed E-state index contributed by atoms with van der Waals surface area (Å²) in [5.74, 6) is 1.21. The molecule has 0 aliphatic carbocycles. The third kappa shape index (κ3) is 3.02. The number of furan rings is 1. The highest BCUT2D eigenvalue weighted by molar-refractivity contribution is 6.31. The lowest BCUT2D eigenvalue weighted by atomic mass is 10.0. The van der Waals surface area contributed by atoms with E-state index in [-0.39, 0.29) is 0 Å². The van der Waals surface area contributed by atoms with Crippen LogP contribution in [0.2, 0.25) is 5.02 Å². The molecule has 0 amide bonds. The van der Waals surface area contributed by atoms with Crippen LogP contribution >= 0.6 is 11.6 Å². The first-order valence-corrected chi connectivity index (χ1v) is 6.31. The number of hydrogen-bond donors (Lipinski definition) is 1. The smallest absolute Gasteiger partial charge is 0.134 e. The second kappa shape index (κ2) is 5.11. The second-order valence-corrected chi connectivity index (χ2v) is 5.25. The molecule has 0 saturated carbocycles. The van der Waals surface area contributed by atoms with Crippen molar-refractivity contribution in [2.75, 3.05) is 0 Å². The van der Waals surface area contributed by atoms with E-state index < -0.39 is 6.10 Å². The lowest BCUT2D eigenvalue weighted by Crippen LogP contribution is -1.98. The summed E-state index contributed by atoms with van der Waals surface area (Å²) in [6, 6.07) is 7.33. The van der Waals surface area contributed by atoms with Crippen molar-refractivity contribution in [3.8, 4) is 0 Å². The molecule has 2 rings (SSSR count). The number of halogens is 1. The van der Waals surface area contributed by atoms with Crippen molar-refractivity contribution in [3.63, 3.8) is 0 Å². The third-order valence-electron chi connectivity index (χ3n) is 2.84. The quantitative estimate of drug-likeness (QED) is 0.866. The molecule has 1 atom stereocenters. The van der Waals surface area contributed by atoms with E-state index in [1.165, 1.54) is 0 Å². The molecule has 0 aliphatic heterocycles. The molecule has 3 heteroatoms. The molecule has 2 aromatic rings. The van der Waals surface area contributed by atoms with Crippen LogP contribution < -0.4 is 0 Å². The van der Waals surface area contributed by atoms with Crippen LogP contribution in [0.25, 0.3) is 11.0 Å². The average Bonchev–Trinajstić information content (AvgIpc) is 2.68. The molecule has 1 aromatic heterocycles. The Morgan fingerprint density at radius 1 is 1.24 bits per heavy atom. The van der Waals surface area contributed by atoms with Gasteiger partial charge in [-0.05, 0) is 43.0 Å². The lowest BCUT2D eigenvalue weighted by molar-refractivity contribution is 0.135. The average molecular weight is 253 g/mol. The van der Waals surface area contributed by atoms with E-state index in [1.54, 1.807) is 6.07 Å². The van der Waals surface area contributed by atoms with Gasteiger partial charge in [0.05, 0.1) is 0 Å². The van der Waals surface area contributed by atoms with Gasteiger partial charge in [0, 0.05) is 10.4 Å². The maximum absolute atomic E-state index is 10.0. The van der Waals surface area contributed by atoms with Crippen molar-refractivity contribution >= 4 is 22.6 Å². The molecule has 1 N–H and O–H groups in total. The van der Waals surface area contributed by atoms with Crippen LogP contribution in [0.4, 0.5) is 0 Å². The Hall–Kier alpha value is -0.990. The fourth-order valence-electron chi connectivity index (χ4n) is 1.83. The van der Waals surface area contributed by atoms with Crippen LogP contribution in [-0.4, -0.2) is 5.11 Å². The highest BCUT2D eigenvalue weighted by Gasteiger charge is 2.13. The summed E-state index contributed by atoms with van der Waals surface area (Å²) in [5, 5.41) is 11.6. The largest absolute Gasteiger partial charge is 0.458 e. The molecule has 1 heterocycles. The fourth-order valence-corrected chi connectivity index (χ4v) is 2.01. The zero-order chi connectivity index (χ0) is 12.4. The molecule has 17 heavy (non-hydrogen) atoms. The molecular formula is C14H17ClO2. The summed E-state index contributed by atoms with van der Waals surface area (Å²) in [5.41, 5.74) is 0.771. The van der Waals surface area contributed by atoms with E-state index in [9.17, 15) is 5.11 Å². The summed E-state index contributed by atoms with van der Waals surface area (Å²) in [4.78, 5) is 0. The van der Waals surface area contributed by atoms with Gasteiger partial charge in [-0.3, -0.25) is 0 Å². The maximum Gasteiger partial charge on any atom is 0.134 e. The van der Waals surface area contributed by atoms with Crippen LogP contribution in [0.1, 0.15) is 38.6 Å². The second-order valence-electron chi connectivity index (χ2n) is 4.82. The molecule has 1 aromatic carbocycles. The van der Waals surface area contributed by atoms with Gasteiger partial charge in [0.15, 0.2) is 0 Å². The van der Waals surface area contributed by atoms with Crippen molar-refractivity contribution in [1.82, 2.24) is 0 Å². The van der Waals surface area contributed by atoms with Crippen LogP contribution in [0.15, 0.2) is 28.7 Å². The summed E-state index contributed by atoms with van der Waals surface area (Å²) >= 11 is 5.91. The first-order valence-electron chi connectivity index (χ1n) is 5.93. The van der Waals surface area contributed by atoms with Crippen molar-refractivity contribution in [2.45, 2.75) is 32.8 Å². The first-order chi connectivity index (χ1) is 8.06. The summed E-state index contributed by atoms with van der Waals surface area (Å²) in [6.07, 6.45) is 1.19. The lowest BCUT2D eigenvalue weighted by Gasteiger charge is -2.08. The standard InChI is InChI=1S/C14H17ClO2/c1-9(2)3-5-12(16)14-8-10-7-11(15)4-6-13(10)17-14/h4,6-9,12,16H,3,5H2,1-2H3. The van der Waals surface area contributed by atoms with Gasteiger partial charge in [-0.1, -0.05) is 25.4 Å². The van der Waals surface area contributed by atoms with E-state index in [0.717, 1.165) is 23.8 Å². The molecular weight excluding hydrogens is 236 g/mol. The number of hydrogen-bond acceptors (Lipinski definition) is 2. The third-order valence-corrected chi connectivity index (χ3v) is 3.08. The highest BCUT2D eigenvalue weighted by Crippen LogP contribution is 2.28. The first kappa shape index (κ1) is 12.5. The molecule has 0 bridgehead atoms. The molecule has 0 spiro atoms. The van der Waals surface area contributed by atoms with E-state index in [0.29, 0.717) is 16.7 Å². The Kier molecular flexibility index (Phi) is 3.75. The number of aliphatic hydroxyl groups excluding tert-OH is 1. The van der Waals surface area contributed by atoms with Gasteiger partial charge in [0.2, 0.25) is 0 Å². The monoisotopic (exact) mass is 252 g/mol. The molecule has 0 saturated heterocycles. The van der Waals surface area contributed by atoms with Crippen LogP contribution in [0.5, 0.6) is 0 Å². The number of fused-ring (bicyclic) bond motifs is 1. The fraction of sp³-hybridized carbons (Fsp3) is 0.429.